The Morgan fingerprint density at radius 2 is 1.93 bits per heavy atom. The van der Waals surface area contributed by atoms with Gasteiger partial charge in [-0.3, -0.25) is 0 Å². The molecule has 0 aliphatic rings. The Kier molecular flexibility index (Phi) is 3.93. The van der Waals surface area contributed by atoms with E-state index in [0.29, 0.717) is 0 Å². The van der Waals surface area contributed by atoms with Crippen LogP contribution in [0.3, 0.4) is 0 Å². The van der Waals surface area contributed by atoms with Crippen molar-refractivity contribution in [3.05, 3.63) is 41.5 Å². The Hall–Kier alpha value is -0.573. The van der Waals surface area contributed by atoms with Crippen molar-refractivity contribution in [3.63, 3.8) is 0 Å². The maximum Gasteiger partial charge on any atom is 1.00 e. The van der Waals surface area contributed by atoms with E-state index in [4.69, 9.17) is 0 Å². The second-order valence-corrected chi connectivity index (χ2v) is 3.65. The van der Waals surface area contributed by atoms with E-state index in [1.165, 1.54) is 34.7 Å². The minimum Gasteiger partial charge on any atom is -0.156 e. The molecule has 2 aromatic rings. The minimum atomic E-state index is 0. The monoisotopic (exact) mass is 178 g/mol. The summed E-state index contributed by atoms with van der Waals surface area (Å²) in [6.07, 6.45) is 2.43. The van der Waals surface area contributed by atoms with E-state index < -0.39 is 0 Å². The fourth-order valence-corrected chi connectivity index (χ4v) is 2.00. The largest absolute Gasteiger partial charge is 1.00 e. The van der Waals surface area contributed by atoms with E-state index in [9.17, 15) is 0 Å². The van der Waals surface area contributed by atoms with Crippen molar-refractivity contribution in [2.45, 2.75) is 26.7 Å². The van der Waals surface area contributed by atoms with Crippen molar-refractivity contribution in [2.24, 2.45) is 0 Å². The Morgan fingerprint density at radius 1 is 1.21 bits per heavy atom. The Labute approximate surface area is 97.9 Å². The first-order valence-electron chi connectivity index (χ1n) is 4.97. The van der Waals surface area contributed by atoms with Crippen molar-refractivity contribution in [3.8, 4) is 0 Å². The summed E-state index contributed by atoms with van der Waals surface area (Å²) >= 11 is 0. The quantitative estimate of drug-likeness (QED) is 0.472. The smallest absolute Gasteiger partial charge is 0.156 e. The molecular formula is C13H15Li. The summed E-state index contributed by atoms with van der Waals surface area (Å²) in [5.41, 5.74) is 2.93. The molecule has 0 radical (unpaired) electrons. The summed E-state index contributed by atoms with van der Waals surface area (Å²) in [6.45, 7) is 4.43. The van der Waals surface area contributed by atoms with Crippen LogP contribution in [0.4, 0.5) is 0 Å². The van der Waals surface area contributed by atoms with Crippen molar-refractivity contribution < 1.29 is 18.9 Å². The van der Waals surface area contributed by atoms with E-state index >= 15 is 0 Å². The van der Waals surface area contributed by atoms with Crippen molar-refractivity contribution in [1.29, 1.82) is 0 Å². The van der Waals surface area contributed by atoms with Crippen LogP contribution < -0.4 is 18.9 Å². The number of hydrogen-bond acceptors (Lipinski definition) is 0. The maximum atomic E-state index is 2.33. The van der Waals surface area contributed by atoms with Crippen molar-refractivity contribution in [1.82, 2.24) is 0 Å². The standard InChI is InChI=1S/C13H15.Li/c1-3-6-11-9-10(2)12-7-4-5-8-13(11)12;/h4-5,7-9H,3,6H2,1-2H3;/q-1;+1. The van der Waals surface area contributed by atoms with E-state index in [2.05, 4.69) is 44.2 Å². The molecule has 2 aromatic carbocycles. The summed E-state index contributed by atoms with van der Waals surface area (Å²) < 4.78 is 0. The van der Waals surface area contributed by atoms with Gasteiger partial charge in [-0.2, -0.15) is 5.56 Å². The Morgan fingerprint density at radius 3 is 2.64 bits per heavy atom. The Bertz CT molecular complexity index is 412. The molecule has 0 saturated heterocycles. The maximum absolute atomic E-state index is 2.33. The number of benzene rings is 1. The van der Waals surface area contributed by atoms with Gasteiger partial charge in [-0.1, -0.05) is 32.8 Å². The SMILES string of the molecule is CCC[c-]1cc(C)c2ccccc21.[Li+]. The summed E-state index contributed by atoms with van der Waals surface area (Å²) in [7, 11) is 0. The summed E-state index contributed by atoms with van der Waals surface area (Å²) in [4.78, 5) is 0. The van der Waals surface area contributed by atoms with Gasteiger partial charge in [0.15, 0.2) is 0 Å². The van der Waals surface area contributed by atoms with Crippen LogP contribution >= 0.6 is 0 Å². The predicted molar refractivity (Wildman–Crippen MR) is 58.3 cm³/mol. The van der Waals surface area contributed by atoms with Gasteiger partial charge < -0.3 is 0 Å². The van der Waals surface area contributed by atoms with Crippen molar-refractivity contribution in [2.75, 3.05) is 0 Å². The zero-order valence-corrected chi connectivity index (χ0v) is 9.30. The zero-order chi connectivity index (χ0) is 9.26. The molecule has 0 aliphatic carbocycles. The van der Waals surface area contributed by atoms with Gasteiger partial charge in [0.25, 0.3) is 0 Å². The minimum absolute atomic E-state index is 0. The molecule has 0 N–H and O–H groups in total. The molecule has 0 saturated carbocycles. The number of rotatable bonds is 2. The fraction of sp³-hybridized carbons (Fsp3) is 0.308. The average molecular weight is 178 g/mol. The van der Waals surface area contributed by atoms with E-state index in [1.54, 1.807) is 0 Å². The number of fused-ring (bicyclic) bond motifs is 1. The van der Waals surface area contributed by atoms with E-state index in [1.807, 2.05) is 0 Å². The van der Waals surface area contributed by atoms with Gasteiger partial charge in [0, 0.05) is 0 Å². The average Bonchev–Trinajstić information content (AvgIpc) is 2.46. The third-order valence-corrected chi connectivity index (χ3v) is 2.61. The molecule has 0 aromatic heterocycles. The molecule has 2 rings (SSSR count). The van der Waals surface area contributed by atoms with Gasteiger partial charge in [-0.15, -0.1) is 40.6 Å². The number of hydrogen-bond donors (Lipinski definition) is 0. The second-order valence-electron chi connectivity index (χ2n) is 3.65. The number of aryl methyl sites for hydroxylation is 2. The third-order valence-electron chi connectivity index (χ3n) is 2.61. The first-order valence-corrected chi connectivity index (χ1v) is 4.97. The molecule has 0 bridgehead atoms. The van der Waals surface area contributed by atoms with Crippen LogP contribution in [0, 0.1) is 6.92 Å². The van der Waals surface area contributed by atoms with Gasteiger partial charge in [0.05, 0.1) is 0 Å². The zero-order valence-electron chi connectivity index (χ0n) is 9.30. The second kappa shape index (κ2) is 4.78. The molecule has 68 valence electrons. The first kappa shape index (κ1) is 11.5. The summed E-state index contributed by atoms with van der Waals surface area (Å²) in [5.74, 6) is 0. The van der Waals surface area contributed by atoms with Gasteiger partial charge >= 0.3 is 18.9 Å². The van der Waals surface area contributed by atoms with Crippen molar-refractivity contribution >= 4 is 10.8 Å². The van der Waals surface area contributed by atoms with Crippen LogP contribution in [-0.2, 0) is 6.42 Å². The van der Waals surface area contributed by atoms with E-state index in [-0.39, 0.29) is 18.9 Å². The Balaban J connectivity index is 0.000000980. The molecule has 0 spiro atoms. The molecule has 0 heterocycles. The van der Waals surface area contributed by atoms with Crippen LogP contribution in [0.15, 0.2) is 30.3 Å². The molecule has 14 heavy (non-hydrogen) atoms. The molecule has 0 aliphatic heterocycles. The normalized spacial score (nSPS) is 10.1. The van der Waals surface area contributed by atoms with Gasteiger partial charge in [0.2, 0.25) is 0 Å². The summed E-state index contributed by atoms with van der Waals surface area (Å²) in [5, 5.41) is 2.87. The third kappa shape index (κ3) is 1.92. The molecule has 1 heteroatoms. The van der Waals surface area contributed by atoms with Gasteiger partial charge in [0.1, 0.15) is 0 Å². The van der Waals surface area contributed by atoms with Crippen LogP contribution in [0.1, 0.15) is 24.5 Å². The molecule has 0 nitrogen and oxygen atoms in total. The molecule has 0 unspecified atom stereocenters. The van der Waals surface area contributed by atoms with Gasteiger partial charge in [-0.25, -0.2) is 0 Å². The molecule has 0 amide bonds. The van der Waals surface area contributed by atoms with E-state index in [0.717, 1.165) is 0 Å². The van der Waals surface area contributed by atoms with Crippen LogP contribution in [0.2, 0.25) is 0 Å². The first-order chi connectivity index (χ1) is 6.33. The topological polar surface area (TPSA) is 0 Å². The van der Waals surface area contributed by atoms with Crippen LogP contribution in [0.25, 0.3) is 10.8 Å². The van der Waals surface area contributed by atoms with Crippen LogP contribution in [-0.4, -0.2) is 0 Å². The summed E-state index contributed by atoms with van der Waals surface area (Å²) in [6, 6.07) is 11.0. The van der Waals surface area contributed by atoms with Crippen LogP contribution in [0.5, 0.6) is 0 Å². The fourth-order valence-electron chi connectivity index (χ4n) is 2.00. The molecular weight excluding hydrogens is 163 g/mol. The molecule has 0 atom stereocenters. The predicted octanol–water partition coefficient (Wildman–Crippen LogP) is 0.824. The van der Waals surface area contributed by atoms with Gasteiger partial charge in [-0.05, 0) is 0 Å². The molecule has 0 fully saturated rings.